The second-order valence-electron chi connectivity index (χ2n) is 7.89. The number of rotatable bonds is 8. The van der Waals surface area contributed by atoms with Crippen molar-refractivity contribution in [3.05, 3.63) is 40.1 Å². The van der Waals surface area contributed by atoms with Crippen LogP contribution in [0.15, 0.2) is 17.9 Å². The van der Waals surface area contributed by atoms with Gasteiger partial charge in [-0.2, -0.15) is 5.06 Å². The van der Waals surface area contributed by atoms with Gasteiger partial charge in [0.1, 0.15) is 11.3 Å². The van der Waals surface area contributed by atoms with Crippen molar-refractivity contribution in [3.8, 4) is 0 Å². The number of benzene rings is 1. The summed E-state index contributed by atoms with van der Waals surface area (Å²) in [4.78, 5) is 24.6. The van der Waals surface area contributed by atoms with Gasteiger partial charge in [0.25, 0.3) is 5.91 Å². The standard InChI is InChI=1S/C22H32N2O6/c1-15-12-16(2)18(17(3)13-15)19-20(25)22(6-8-23(28-5)9-7-22)24(21(19)26)30-14-29-11-10-27-4/h12-13,25H,6-11,14H2,1-5H3. The Morgan fingerprint density at radius 1 is 1.07 bits per heavy atom. The summed E-state index contributed by atoms with van der Waals surface area (Å²) in [7, 11) is 3.21. The molecule has 0 unspecified atom stereocenters. The number of hydrogen-bond acceptors (Lipinski definition) is 7. The van der Waals surface area contributed by atoms with Crippen molar-refractivity contribution < 1.29 is 29.0 Å². The van der Waals surface area contributed by atoms with Crippen molar-refractivity contribution in [1.82, 2.24) is 10.1 Å². The molecule has 0 bridgehead atoms. The zero-order valence-electron chi connectivity index (χ0n) is 18.5. The Kier molecular flexibility index (Phi) is 7.15. The molecule has 8 nitrogen and oxygen atoms in total. The van der Waals surface area contributed by atoms with Crippen LogP contribution in [0.1, 0.15) is 35.1 Å². The van der Waals surface area contributed by atoms with Crippen molar-refractivity contribution in [3.63, 3.8) is 0 Å². The molecule has 1 amide bonds. The van der Waals surface area contributed by atoms with Gasteiger partial charge in [0.2, 0.25) is 0 Å². The van der Waals surface area contributed by atoms with Crippen LogP contribution in [0.25, 0.3) is 5.57 Å². The number of aryl methyl sites for hydroxylation is 3. The lowest BCUT2D eigenvalue weighted by atomic mass is 9.85. The summed E-state index contributed by atoms with van der Waals surface area (Å²) >= 11 is 0. The Labute approximate surface area is 177 Å². The van der Waals surface area contributed by atoms with Gasteiger partial charge in [-0.05, 0) is 50.3 Å². The van der Waals surface area contributed by atoms with E-state index in [0.29, 0.717) is 44.7 Å². The summed E-state index contributed by atoms with van der Waals surface area (Å²) in [6, 6.07) is 4.04. The summed E-state index contributed by atoms with van der Waals surface area (Å²) < 4.78 is 10.4. The van der Waals surface area contributed by atoms with Gasteiger partial charge in [-0.25, -0.2) is 9.90 Å². The number of methoxy groups -OCH3 is 1. The molecule has 0 atom stereocenters. The summed E-state index contributed by atoms with van der Waals surface area (Å²) in [6.45, 7) is 7.75. The number of nitrogens with zero attached hydrogens (tertiary/aromatic N) is 2. The Balaban J connectivity index is 1.96. The van der Waals surface area contributed by atoms with Gasteiger partial charge < -0.3 is 19.4 Å². The number of amides is 1. The number of aliphatic hydroxyl groups is 1. The number of carbonyl (C=O) groups is 1. The molecular formula is C22H32N2O6. The van der Waals surface area contributed by atoms with Gasteiger partial charge in [0.05, 0.1) is 25.9 Å². The maximum Gasteiger partial charge on any atom is 0.282 e. The minimum atomic E-state index is -0.935. The molecule has 166 valence electrons. The Hall–Kier alpha value is -1.97. The monoisotopic (exact) mass is 420 g/mol. The van der Waals surface area contributed by atoms with Crippen LogP contribution in [-0.2, 0) is 23.9 Å². The molecular weight excluding hydrogens is 388 g/mol. The molecule has 8 heteroatoms. The van der Waals surface area contributed by atoms with Crippen LogP contribution >= 0.6 is 0 Å². The van der Waals surface area contributed by atoms with E-state index in [1.807, 2.05) is 38.0 Å². The quantitative estimate of drug-likeness (QED) is 0.512. The Morgan fingerprint density at radius 2 is 1.70 bits per heavy atom. The molecule has 1 aromatic rings. The van der Waals surface area contributed by atoms with E-state index in [1.165, 1.54) is 5.06 Å². The summed E-state index contributed by atoms with van der Waals surface area (Å²) in [5.41, 5.74) is 3.16. The van der Waals surface area contributed by atoms with Gasteiger partial charge in [-0.3, -0.25) is 4.79 Å². The van der Waals surface area contributed by atoms with E-state index in [9.17, 15) is 9.90 Å². The highest BCUT2D eigenvalue weighted by Crippen LogP contribution is 2.46. The van der Waals surface area contributed by atoms with Gasteiger partial charge in [-0.15, -0.1) is 0 Å². The number of piperidine rings is 1. The highest BCUT2D eigenvalue weighted by molar-refractivity contribution is 6.23. The topological polar surface area (TPSA) is 80.7 Å². The minimum absolute atomic E-state index is 0.0650. The molecule has 2 heterocycles. The molecule has 0 radical (unpaired) electrons. The third-order valence-electron chi connectivity index (χ3n) is 5.90. The third-order valence-corrected chi connectivity index (χ3v) is 5.90. The molecule has 1 fully saturated rings. The molecule has 3 rings (SSSR count). The van der Waals surface area contributed by atoms with Crippen molar-refractivity contribution in [1.29, 1.82) is 0 Å². The molecule has 30 heavy (non-hydrogen) atoms. The maximum atomic E-state index is 13.5. The summed E-state index contributed by atoms with van der Waals surface area (Å²) in [5.74, 6) is -0.279. The van der Waals surface area contributed by atoms with Crippen molar-refractivity contribution in [2.24, 2.45) is 0 Å². The van der Waals surface area contributed by atoms with Crippen molar-refractivity contribution in [2.75, 3.05) is 47.3 Å². The predicted octanol–water partition coefficient (Wildman–Crippen LogP) is 2.67. The first-order valence-electron chi connectivity index (χ1n) is 10.2. The fourth-order valence-electron chi connectivity index (χ4n) is 4.48. The van der Waals surface area contributed by atoms with E-state index >= 15 is 0 Å². The fraction of sp³-hybridized carbons (Fsp3) is 0.591. The number of hydrogen-bond donors (Lipinski definition) is 1. The molecule has 0 aromatic heterocycles. The van der Waals surface area contributed by atoms with E-state index in [4.69, 9.17) is 19.1 Å². The van der Waals surface area contributed by atoms with Crippen LogP contribution in [-0.4, -0.2) is 74.0 Å². The van der Waals surface area contributed by atoms with E-state index in [0.717, 1.165) is 22.3 Å². The number of aliphatic hydroxyl groups excluding tert-OH is 1. The van der Waals surface area contributed by atoms with Crippen LogP contribution < -0.4 is 0 Å². The fourth-order valence-corrected chi connectivity index (χ4v) is 4.48. The van der Waals surface area contributed by atoms with Gasteiger partial charge in [0.15, 0.2) is 6.79 Å². The van der Waals surface area contributed by atoms with Crippen LogP contribution in [0, 0.1) is 20.8 Å². The zero-order valence-corrected chi connectivity index (χ0v) is 18.5. The van der Waals surface area contributed by atoms with Crippen LogP contribution in [0.5, 0.6) is 0 Å². The first-order chi connectivity index (χ1) is 14.4. The lowest BCUT2D eigenvalue weighted by Gasteiger charge is -2.42. The van der Waals surface area contributed by atoms with E-state index in [-0.39, 0.29) is 18.5 Å². The second-order valence-corrected chi connectivity index (χ2v) is 7.89. The Bertz CT molecular complexity index is 791. The van der Waals surface area contributed by atoms with Gasteiger partial charge in [0, 0.05) is 20.2 Å². The van der Waals surface area contributed by atoms with Crippen LogP contribution in [0.2, 0.25) is 0 Å². The van der Waals surface area contributed by atoms with E-state index in [2.05, 4.69) is 0 Å². The molecule has 1 spiro atoms. The molecule has 0 aliphatic carbocycles. The SMILES string of the molecule is COCCOCON1C(=O)C(c2c(C)cc(C)cc2C)=C(O)C12CCN(OC)CC2. The van der Waals surface area contributed by atoms with Gasteiger partial charge >= 0.3 is 0 Å². The third kappa shape index (κ3) is 4.10. The molecule has 0 saturated carbocycles. The van der Waals surface area contributed by atoms with E-state index in [1.54, 1.807) is 14.2 Å². The van der Waals surface area contributed by atoms with Gasteiger partial charge in [-0.1, -0.05) is 17.7 Å². The number of carbonyl (C=O) groups excluding carboxylic acids is 1. The second kappa shape index (κ2) is 9.45. The molecule has 2 aliphatic rings. The summed E-state index contributed by atoms with van der Waals surface area (Å²) in [6.07, 6.45) is 0.980. The normalized spacial score (nSPS) is 19.4. The average molecular weight is 421 g/mol. The minimum Gasteiger partial charge on any atom is -0.509 e. The summed E-state index contributed by atoms with van der Waals surface area (Å²) in [5, 5.41) is 14.5. The van der Waals surface area contributed by atoms with Crippen molar-refractivity contribution in [2.45, 2.75) is 39.2 Å². The largest absolute Gasteiger partial charge is 0.509 e. The smallest absolute Gasteiger partial charge is 0.282 e. The lowest BCUT2D eigenvalue weighted by molar-refractivity contribution is -0.264. The zero-order chi connectivity index (χ0) is 21.9. The number of ether oxygens (including phenoxy) is 2. The lowest BCUT2D eigenvalue weighted by Crippen LogP contribution is -2.55. The maximum absolute atomic E-state index is 13.5. The number of hydroxylamine groups is 4. The first-order valence-corrected chi connectivity index (χ1v) is 10.2. The van der Waals surface area contributed by atoms with E-state index < -0.39 is 5.54 Å². The molecule has 2 aliphatic heterocycles. The predicted molar refractivity (Wildman–Crippen MR) is 111 cm³/mol. The Morgan fingerprint density at radius 3 is 2.27 bits per heavy atom. The molecule has 1 aromatic carbocycles. The van der Waals surface area contributed by atoms with Crippen LogP contribution in [0.3, 0.4) is 0 Å². The molecule has 1 N–H and O–H groups in total. The highest BCUT2D eigenvalue weighted by Gasteiger charge is 2.55. The van der Waals surface area contributed by atoms with Crippen LogP contribution in [0.4, 0.5) is 0 Å². The molecule has 1 saturated heterocycles. The highest BCUT2D eigenvalue weighted by atomic mass is 16.8. The van der Waals surface area contributed by atoms with Crippen molar-refractivity contribution >= 4 is 11.5 Å². The first kappa shape index (κ1) is 22.7. The average Bonchev–Trinajstić information content (AvgIpc) is 2.90.